The molecule has 2 aromatic carbocycles. The molecule has 0 amide bonds. The summed E-state index contributed by atoms with van der Waals surface area (Å²) in [6.45, 7) is 2.27. The number of hydrogen-bond donors (Lipinski definition) is 0. The van der Waals surface area contributed by atoms with Gasteiger partial charge in [-0.15, -0.1) is 0 Å². The minimum absolute atomic E-state index is 0.447. The molecule has 0 aliphatic carbocycles. The van der Waals surface area contributed by atoms with Crippen molar-refractivity contribution >= 4 is 0 Å². The Balaban J connectivity index is 1.59. The molecule has 4 rings (SSSR count). The van der Waals surface area contributed by atoms with Crippen LogP contribution in [0.3, 0.4) is 0 Å². The van der Waals surface area contributed by atoms with Gasteiger partial charge in [0.15, 0.2) is 23.0 Å². The lowest BCUT2D eigenvalue weighted by Gasteiger charge is -2.45. The van der Waals surface area contributed by atoms with Crippen LogP contribution in [0.2, 0.25) is 0 Å². The van der Waals surface area contributed by atoms with Crippen molar-refractivity contribution in [2.24, 2.45) is 0 Å². The maximum Gasteiger partial charge on any atom is 0.161 e. The van der Waals surface area contributed by atoms with E-state index in [-0.39, 0.29) is 0 Å². The van der Waals surface area contributed by atoms with Crippen LogP contribution in [0.15, 0.2) is 24.3 Å². The second-order valence-corrected chi connectivity index (χ2v) is 11.3. The molecule has 0 radical (unpaired) electrons. The number of likely N-dealkylation sites (N-methyl/N-ethyl adjacent to an activating group) is 2. The number of ether oxygens (including phenoxy) is 4. The molecule has 6 nitrogen and oxygen atoms in total. The molecular formula is C29H44N2O4+2. The summed E-state index contributed by atoms with van der Waals surface area (Å²) in [5.74, 6) is 3.33. The molecule has 0 unspecified atom stereocenters. The first-order valence-electron chi connectivity index (χ1n) is 12.8. The van der Waals surface area contributed by atoms with Crippen molar-refractivity contribution in [2.45, 2.75) is 44.2 Å². The van der Waals surface area contributed by atoms with E-state index in [1.54, 1.807) is 28.4 Å². The molecule has 2 aliphatic heterocycles. The molecule has 2 heterocycles. The topological polar surface area (TPSA) is 36.9 Å². The van der Waals surface area contributed by atoms with Gasteiger partial charge in [-0.2, -0.15) is 0 Å². The largest absolute Gasteiger partial charge is 0.493 e. The lowest BCUT2D eigenvalue weighted by molar-refractivity contribution is -0.926. The predicted octanol–water partition coefficient (Wildman–Crippen LogP) is 4.94. The van der Waals surface area contributed by atoms with E-state index < -0.39 is 0 Å². The molecule has 2 aliphatic rings. The highest BCUT2D eigenvalue weighted by atomic mass is 16.5. The Hall–Kier alpha value is -2.44. The second-order valence-electron chi connectivity index (χ2n) is 11.3. The number of rotatable bonds is 8. The third-order valence-electron chi connectivity index (χ3n) is 8.57. The number of quaternary nitrogens is 2. The van der Waals surface area contributed by atoms with Crippen molar-refractivity contribution in [2.75, 3.05) is 69.7 Å². The van der Waals surface area contributed by atoms with E-state index in [0.717, 1.165) is 70.7 Å². The van der Waals surface area contributed by atoms with E-state index in [9.17, 15) is 0 Å². The molecule has 0 saturated heterocycles. The number of benzene rings is 2. The molecule has 2 atom stereocenters. The molecule has 0 spiro atoms. The van der Waals surface area contributed by atoms with Crippen LogP contribution in [-0.4, -0.2) is 78.7 Å². The highest BCUT2D eigenvalue weighted by Gasteiger charge is 2.39. The van der Waals surface area contributed by atoms with Gasteiger partial charge in [-0.3, -0.25) is 0 Å². The van der Waals surface area contributed by atoms with Crippen LogP contribution in [0.4, 0.5) is 0 Å². The highest BCUT2D eigenvalue weighted by Crippen LogP contribution is 2.45. The standard InChI is InChI=1S/C29H44N2O4/c1-30(2)14-12-20-16-26(32-5)28(34-7)18-22(20)24(30)10-9-11-25-23-19-29(35-8)27(33-6)17-21(23)13-15-31(25,3)4/h16-19,24-25H,9-15H2,1-8H3/q+2/t24-,25-/m0/s1. The van der Waals surface area contributed by atoms with Crippen LogP contribution >= 0.6 is 0 Å². The molecule has 35 heavy (non-hydrogen) atoms. The minimum atomic E-state index is 0.447. The first-order chi connectivity index (χ1) is 16.6. The van der Waals surface area contributed by atoms with Crippen LogP contribution in [0.1, 0.15) is 53.6 Å². The predicted molar refractivity (Wildman–Crippen MR) is 140 cm³/mol. The van der Waals surface area contributed by atoms with E-state index in [4.69, 9.17) is 18.9 Å². The fourth-order valence-corrected chi connectivity index (χ4v) is 6.32. The SMILES string of the molecule is COc1cc2c(cc1OC)[C@H](CCC[C@H]1c3cc(OC)c(OC)cc3CC[N+]1(C)C)[N+](C)(C)CC2. The number of hydrogen-bond acceptors (Lipinski definition) is 4. The Morgan fingerprint density at radius 2 is 0.943 bits per heavy atom. The Morgan fingerprint density at radius 3 is 1.29 bits per heavy atom. The van der Waals surface area contributed by atoms with E-state index in [1.807, 2.05) is 0 Å². The molecule has 0 bridgehead atoms. The number of nitrogens with zero attached hydrogens (tertiary/aromatic N) is 2. The maximum atomic E-state index is 5.67. The van der Waals surface area contributed by atoms with Gasteiger partial charge in [-0.05, 0) is 41.8 Å². The van der Waals surface area contributed by atoms with Gasteiger partial charge < -0.3 is 27.9 Å². The molecule has 2 aromatic rings. The van der Waals surface area contributed by atoms with Crippen LogP contribution in [0.25, 0.3) is 0 Å². The van der Waals surface area contributed by atoms with Gasteiger partial charge in [0.1, 0.15) is 12.1 Å². The lowest BCUT2D eigenvalue weighted by Crippen LogP contribution is -2.49. The van der Waals surface area contributed by atoms with E-state index in [1.165, 1.54) is 28.7 Å². The number of methoxy groups -OCH3 is 4. The normalized spacial score (nSPS) is 22.1. The molecule has 0 aromatic heterocycles. The molecule has 0 N–H and O–H groups in total. The van der Waals surface area contributed by atoms with Crippen molar-refractivity contribution in [3.63, 3.8) is 0 Å². The summed E-state index contributed by atoms with van der Waals surface area (Å²) in [7, 11) is 16.4. The quantitative estimate of drug-likeness (QED) is 0.498. The van der Waals surface area contributed by atoms with Crippen molar-refractivity contribution in [1.82, 2.24) is 0 Å². The van der Waals surface area contributed by atoms with Gasteiger partial charge in [0.05, 0.1) is 69.7 Å². The minimum Gasteiger partial charge on any atom is -0.493 e. The zero-order chi connectivity index (χ0) is 25.4. The van der Waals surface area contributed by atoms with E-state index in [2.05, 4.69) is 52.5 Å². The first kappa shape index (κ1) is 25.6. The van der Waals surface area contributed by atoms with Gasteiger partial charge in [-0.25, -0.2) is 0 Å². The maximum absolute atomic E-state index is 5.67. The molecular weight excluding hydrogens is 440 g/mol. The Bertz CT molecular complexity index is 980. The number of fused-ring (bicyclic) bond motifs is 2. The van der Waals surface area contributed by atoms with Gasteiger partial charge in [0.25, 0.3) is 0 Å². The zero-order valence-electron chi connectivity index (χ0n) is 22.9. The Kier molecular flexibility index (Phi) is 7.26. The summed E-state index contributed by atoms with van der Waals surface area (Å²) < 4.78 is 24.5. The van der Waals surface area contributed by atoms with Gasteiger partial charge >= 0.3 is 0 Å². The zero-order valence-corrected chi connectivity index (χ0v) is 22.9. The summed E-state index contributed by atoms with van der Waals surface area (Å²) in [5.41, 5.74) is 5.65. The average Bonchev–Trinajstić information content (AvgIpc) is 2.84. The molecule has 0 fully saturated rings. The van der Waals surface area contributed by atoms with Crippen molar-refractivity contribution in [1.29, 1.82) is 0 Å². The van der Waals surface area contributed by atoms with Crippen LogP contribution in [-0.2, 0) is 12.8 Å². The van der Waals surface area contributed by atoms with Crippen molar-refractivity contribution in [3.05, 3.63) is 46.5 Å². The summed E-state index contributed by atoms with van der Waals surface area (Å²) in [6, 6.07) is 9.73. The van der Waals surface area contributed by atoms with Crippen molar-refractivity contribution < 1.29 is 27.9 Å². The van der Waals surface area contributed by atoms with Gasteiger partial charge in [-0.1, -0.05) is 0 Å². The average molecular weight is 485 g/mol. The monoisotopic (exact) mass is 484 g/mol. The van der Waals surface area contributed by atoms with Crippen LogP contribution in [0, 0.1) is 0 Å². The summed E-state index contributed by atoms with van der Waals surface area (Å²) in [6.07, 6.45) is 5.60. The Labute approximate surface area is 211 Å². The van der Waals surface area contributed by atoms with Gasteiger partial charge in [0, 0.05) is 36.8 Å². The summed E-state index contributed by atoms with van der Waals surface area (Å²) in [4.78, 5) is 0. The van der Waals surface area contributed by atoms with E-state index in [0.29, 0.717) is 12.1 Å². The summed E-state index contributed by atoms with van der Waals surface area (Å²) >= 11 is 0. The lowest BCUT2D eigenvalue weighted by atomic mass is 9.84. The van der Waals surface area contributed by atoms with E-state index >= 15 is 0 Å². The van der Waals surface area contributed by atoms with Crippen molar-refractivity contribution in [3.8, 4) is 23.0 Å². The third-order valence-corrected chi connectivity index (χ3v) is 8.57. The van der Waals surface area contributed by atoms with Gasteiger partial charge in [0.2, 0.25) is 0 Å². The summed E-state index contributed by atoms with van der Waals surface area (Å²) in [5, 5.41) is 0. The fourth-order valence-electron chi connectivity index (χ4n) is 6.32. The molecule has 192 valence electrons. The molecule has 6 heteroatoms. The molecule has 0 saturated carbocycles. The van der Waals surface area contributed by atoms with Crippen LogP contribution in [0.5, 0.6) is 23.0 Å². The third kappa shape index (κ3) is 4.83. The van der Waals surface area contributed by atoms with Crippen LogP contribution < -0.4 is 18.9 Å². The second kappa shape index (κ2) is 9.90. The highest BCUT2D eigenvalue weighted by molar-refractivity contribution is 5.50. The Morgan fingerprint density at radius 1 is 0.600 bits per heavy atom. The first-order valence-corrected chi connectivity index (χ1v) is 12.8. The smallest absolute Gasteiger partial charge is 0.161 e. The fraction of sp³-hybridized carbons (Fsp3) is 0.586.